The molecule has 1 aromatic carbocycles. The molecule has 2 heterocycles. The number of carbonyl (C=O) groups is 2. The second-order valence-electron chi connectivity index (χ2n) is 6.72. The van der Waals surface area contributed by atoms with Crippen molar-refractivity contribution in [2.24, 2.45) is 13.0 Å². The van der Waals surface area contributed by atoms with Crippen molar-refractivity contribution in [2.75, 3.05) is 19.6 Å². The normalized spacial score (nSPS) is 15.3. The number of piperidine rings is 1. The smallest absolute Gasteiger partial charge is 0.273 e. The minimum atomic E-state index is -0.259. The molecule has 27 heavy (non-hydrogen) atoms. The van der Waals surface area contributed by atoms with Crippen LogP contribution in [0, 0.1) is 5.92 Å². The van der Waals surface area contributed by atoms with E-state index in [1.54, 1.807) is 19.3 Å². The van der Waals surface area contributed by atoms with Crippen molar-refractivity contribution in [3.63, 3.8) is 0 Å². The van der Waals surface area contributed by atoms with Gasteiger partial charge in [-0.2, -0.15) is 5.10 Å². The molecule has 0 aliphatic carbocycles. The van der Waals surface area contributed by atoms with Gasteiger partial charge in [-0.1, -0.05) is 41.9 Å². The zero-order valence-corrected chi connectivity index (χ0v) is 16.0. The van der Waals surface area contributed by atoms with Gasteiger partial charge < -0.3 is 10.2 Å². The molecule has 0 atom stereocenters. The van der Waals surface area contributed by atoms with Crippen LogP contribution in [0.2, 0.25) is 5.02 Å². The van der Waals surface area contributed by atoms with E-state index in [1.165, 1.54) is 4.68 Å². The van der Waals surface area contributed by atoms with Crippen LogP contribution < -0.4 is 5.32 Å². The Morgan fingerprint density at radius 2 is 1.96 bits per heavy atom. The largest absolute Gasteiger partial charge is 0.350 e. The standard InChI is InChI=1S/C20H23ClN4O2/c1-24-14-17(21)19(23-24)20(27)22-13-16-9-11-25(12-10-16)18(26)8-7-15-5-3-2-4-6-15/h2-8,14,16H,9-13H2,1H3,(H,22,27). The van der Waals surface area contributed by atoms with Crippen molar-refractivity contribution in [3.05, 3.63) is 58.9 Å². The van der Waals surface area contributed by atoms with Gasteiger partial charge in [-0.25, -0.2) is 0 Å². The minimum absolute atomic E-state index is 0.0293. The first kappa shape index (κ1) is 19.2. The van der Waals surface area contributed by atoms with Gasteiger partial charge in [0.15, 0.2) is 5.69 Å². The zero-order chi connectivity index (χ0) is 19.2. The monoisotopic (exact) mass is 386 g/mol. The summed E-state index contributed by atoms with van der Waals surface area (Å²) in [6.45, 7) is 1.96. The first-order chi connectivity index (χ1) is 13.0. The van der Waals surface area contributed by atoms with E-state index in [9.17, 15) is 9.59 Å². The Balaban J connectivity index is 1.43. The Kier molecular flexibility index (Phi) is 6.29. The van der Waals surface area contributed by atoms with Gasteiger partial charge in [0.1, 0.15) is 0 Å². The summed E-state index contributed by atoms with van der Waals surface area (Å²) < 4.78 is 1.52. The van der Waals surface area contributed by atoms with Gasteiger partial charge in [-0.3, -0.25) is 14.3 Å². The number of nitrogens with one attached hydrogen (secondary N) is 1. The summed E-state index contributed by atoms with van der Waals surface area (Å²) in [6, 6.07) is 9.77. The van der Waals surface area contributed by atoms with Crippen LogP contribution in [0.4, 0.5) is 0 Å². The maximum Gasteiger partial charge on any atom is 0.273 e. The van der Waals surface area contributed by atoms with Crippen molar-refractivity contribution in [1.29, 1.82) is 0 Å². The van der Waals surface area contributed by atoms with Gasteiger partial charge in [-0.15, -0.1) is 0 Å². The fourth-order valence-electron chi connectivity index (χ4n) is 3.13. The topological polar surface area (TPSA) is 67.2 Å². The summed E-state index contributed by atoms with van der Waals surface area (Å²) >= 11 is 5.99. The van der Waals surface area contributed by atoms with Crippen LogP contribution in [-0.4, -0.2) is 46.1 Å². The average Bonchev–Trinajstić information content (AvgIpc) is 3.03. The number of carbonyl (C=O) groups excluding carboxylic acids is 2. The Morgan fingerprint density at radius 3 is 2.59 bits per heavy atom. The molecule has 3 rings (SSSR count). The fraction of sp³-hybridized carbons (Fsp3) is 0.350. The average molecular weight is 387 g/mol. The molecule has 142 valence electrons. The van der Waals surface area contributed by atoms with Gasteiger partial charge >= 0.3 is 0 Å². The molecule has 2 aromatic rings. The molecule has 0 spiro atoms. The van der Waals surface area contributed by atoms with Gasteiger partial charge in [0.05, 0.1) is 5.02 Å². The second kappa shape index (κ2) is 8.86. The van der Waals surface area contributed by atoms with E-state index in [-0.39, 0.29) is 17.5 Å². The third-order valence-electron chi connectivity index (χ3n) is 4.69. The van der Waals surface area contributed by atoms with Crippen LogP contribution in [0.15, 0.2) is 42.6 Å². The first-order valence-electron chi connectivity index (χ1n) is 9.02. The summed E-state index contributed by atoms with van der Waals surface area (Å²) in [6.07, 6.45) is 6.79. The lowest BCUT2D eigenvalue weighted by Gasteiger charge is -2.31. The number of hydrogen-bond donors (Lipinski definition) is 1. The van der Waals surface area contributed by atoms with Gasteiger partial charge in [-0.05, 0) is 30.4 Å². The number of nitrogens with zero attached hydrogens (tertiary/aromatic N) is 3. The molecule has 0 bridgehead atoms. The summed E-state index contributed by atoms with van der Waals surface area (Å²) in [5, 5.41) is 7.31. The number of benzene rings is 1. The Labute approximate surface area is 163 Å². The molecule has 2 amide bonds. The minimum Gasteiger partial charge on any atom is -0.350 e. The van der Waals surface area contributed by atoms with Crippen molar-refractivity contribution in [3.8, 4) is 0 Å². The van der Waals surface area contributed by atoms with E-state index in [4.69, 9.17) is 11.6 Å². The summed E-state index contributed by atoms with van der Waals surface area (Å²) in [5.74, 6) is 0.116. The van der Waals surface area contributed by atoms with E-state index in [0.29, 0.717) is 30.6 Å². The highest BCUT2D eigenvalue weighted by atomic mass is 35.5. The lowest BCUT2D eigenvalue weighted by Crippen LogP contribution is -2.41. The summed E-state index contributed by atoms with van der Waals surface area (Å²) in [5.41, 5.74) is 1.26. The lowest BCUT2D eigenvalue weighted by molar-refractivity contribution is -0.127. The molecule has 1 fully saturated rings. The molecule has 0 radical (unpaired) electrons. The van der Waals surface area contributed by atoms with Crippen LogP contribution in [-0.2, 0) is 11.8 Å². The van der Waals surface area contributed by atoms with Gasteiger partial charge in [0.2, 0.25) is 5.91 Å². The molecular formula is C20H23ClN4O2. The van der Waals surface area contributed by atoms with Crippen molar-refractivity contribution >= 4 is 29.5 Å². The fourth-order valence-corrected chi connectivity index (χ4v) is 3.39. The molecule has 1 aliphatic rings. The second-order valence-corrected chi connectivity index (χ2v) is 7.13. The van der Waals surface area contributed by atoms with E-state index in [2.05, 4.69) is 10.4 Å². The van der Waals surface area contributed by atoms with E-state index >= 15 is 0 Å². The highest BCUT2D eigenvalue weighted by molar-refractivity contribution is 6.33. The first-order valence-corrected chi connectivity index (χ1v) is 9.40. The van der Waals surface area contributed by atoms with Crippen LogP contribution >= 0.6 is 11.6 Å². The number of aryl methyl sites for hydroxylation is 1. The number of hydrogen-bond acceptors (Lipinski definition) is 3. The van der Waals surface area contributed by atoms with Crippen LogP contribution in [0.1, 0.15) is 28.9 Å². The summed E-state index contributed by atoms with van der Waals surface area (Å²) in [4.78, 5) is 26.3. The van der Waals surface area contributed by atoms with E-state index in [1.807, 2.05) is 41.3 Å². The molecule has 6 nitrogen and oxygen atoms in total. The number of halogens is 1. The molecule has 7 heteroatoms. The van der Waals surface area contributed by atoms with Crippen molar-refractivity contribution in [2.45, 2.75) is 12.8 Å². The Morgan fingerprint density at radius 1 is 1.26 bits per heavy atom. The van der Waals surface area contributed by atoms with Gasteiger partial charge in [0, 0.05) is 39.0 Å². The maximum atomic E-state index is 12.3. The number of rotatable bonds is 5. The maximum absolute atomic E-state index is 12.3. The van der Waals surface area contributed by atoms with Gasteiger partial charge in [0.25, 0.3) is 5.91 Å². The molecule has 0 saturated carbocycles. The van der Waals surface area contributed by atoms with Crippen molar-refractivity contribution < 1.29 is 9.59 Å². The predicted molar refractivity (Wildman–Crippen MR) is 105 cm³/mol. The SMILES string of the molecule is Cn1cc(Cl)c(C(=O)NCC2CCN(C(=O)C=Cc3ccccc3)CC2)n1. The Hall–Kier alpha value is -2.60. The molecular weight excluding hydrogens is 364 g/mol. The molecule has 1 aliphatic heterocycles. The highest BCUT2D eigenvalue weighted by Crippen LogP contribution is 2.18. The molecule has 0 unspecified atom stereocenters. The van der Waals surface area contributed by atoms with E-state index < -0.39 is 0 Å². The number of aromatic nitrogens is 2. The third-order valence-corrected chi connectivity index (χ3v) is 4.97. The molecule has 1 aromatic heterocycles. The number of amides is 2. The highest BCUT2D eigenvalue weighted by Gasteiger charge is 2.23. The Bertz CT molecular complexity index is 824. The summed E-state index contributed by atoms with van der Waals surface area (Å²) in [7, 11) is 1.72. The van der Waals surface area contributed by atoms with Crippen LogP contribution in [0.25, 0.3) is 6.08 Å². The van der Waals surface area contributed by atoms with E-state index in [0.717, 1.165) is 18.4 Å². The number of likely N-dealkylation sites (tertiary alicyclic amines) is 1. The predicted octanol–water partition coefficient (Wildman–Crippen LogP) is 2.76. The molecule has 1 N–H and O–H groups in total. The van der Waals surface area contributed by atoms with Crippen LogP contribution in [0.3, 0.4) is 0 Å². The zero-order valence-electron chi connectivity index (χ0n) is 15.3. The van der Waals surface area contributed by atoms with Crippen molar-refractivity contribution in [1.82, 2.24) is 20.0 Å². The van der Waals surface area contributed by atoms with Crippen LogP contribution in [0.5, 0.6) is 0 Å². The third kappa shape index (κ3) is 5.20. The quantitative estimate of drug-likeness (QED) is 0.803. The molecule has 1 saturated heterocycles. The lowest BCUT2D eigenvalue weighted by atomic mass is 9.96.